The number of benzene rings is 2. The molecular formula is C16H14F3NO4. The Morgan fingerprint density at radius 1 is 0.958 bits per heavy atom. The van der Waals surface area contributed by atoms with Gasteiger partial charge in [0, 0.05) is 5.69 Å². The van der Waals surface area contributed by atoms with E-state index < -0.39 is 12.3 Å². The largest absolute Gasteiger partial charge is 0.573 e. The molecule has 128 valence electrons. The highest BCUT2D eigenvalue weighted by molar-refractivity contribution is 6.06. The Balaban J connectivity index is 2.15. The zero-order chi connectivity index (χ0) is 17.7. The number of carbonyl (C=O) groups excluding carboxylic acids is 1. The molecule has 0 heterocycles. The molecule has 2 aromatic rings. The van der Waals surface area contributed by atoms with Crippen LogP contribution in [0.15, 0.2) is 42.5 Å². The predicted molar refractivity (Wildman–Crippen MR) is 80.6 cm³/mol. The minimum Gasteiger partial charge on any atom is -0.497 e. The van der Waals surface area contributed by atoms with Crippen LogP contribution in [0.3, 0.4) is 0 Å². The Hall–Kier alpha value is -2.90. The quantitative estimate of drug-likeness (QED) is 0.897. The number of nitrogens with one attached hydrogen (secondary N) is 1. The van der Waals surface area contributed by atoms with Gasteiger partial charge in [-0.2, -0.15) is 0 Å². The van der Waals surface area contributed by atoms with Crippen LogP contribution in [0.5, 0.6) is 17.2 Å². The van der Waals surface area contributed by atoms with E-state index in [1.165, 1.54) is 32.4 Å². The second-order valence-corrected chi connectivity index (χ2v) is 4.59. The molecule has 1 amide bonds. The first-order valence-corrected chi connectivity index (χ1v) is 6.71. The van der Waals surface area contributed by atoms with Crippen LogP contribution in [0.1, 0.15) is 10.4 Å². The molecule has 0 aliphatic rings. The van der Waals surface area contributed by atoms with Crippen molar-refractivity contribution >= 4 is 11.6 Å². The van der Waals surface area contributed by atoms with Gasteiger partial charge in [0.2, 0.25) is 0 Å². The van der Waals surface area contributed by atoms with E-state index >= 15 is 0 Å². The summed E-state index contributed by atoms with van der Waals surface area (Å²) in [5.41, 5.74) is 0.534. The number of alkyl halides is 3. The molecule has 1 N–H and O–H groups in total. The monoisotopic (exact) mass is 341 g/mol. The number of ether oxygens (including phenoxy) is 3. The Morgan fingerprint density at radius 3 is 2.12 bits per heavy atom. The molecule has 0 spiro atoms. The number of amides is 1. The summed E-state index contributed by atoms with van der Waals surface area (Å²) in [5, 5.41) is 2.56. The van der Waals surface area contributed by atoms with Crippen LogP contribution < -0.4 is 19.5 Å². The molecule has 0 radical (unpaired) electrons. The number of hydrogen-bond donors (Lipinski definition) is 1. The number of anilines is 1. The van der Waals surface area contributed by atoms with E-state index in [1.807, 2.05) is 0 Å². The van der Waals surface area contributed by atoms with Crippen molar-refractivity contribution in [2.45, 2.75) is 6.36 Å². The van der Waals surface area contributed by atoms with E-state index in [2.05, 4.69) is 10.1 Å². The van der Waals surface area contributed by atoms with Crippen LogP contribution in [0.4, 0.5) is 18.9 Å². The lowest BCUT2D eigenvalue weighted by Gasteiger charge is -2.12. The Kier molecular flexibility index (Phi) is 5.18. The third-order valence-corrected chi connectivity index (χ3v) is 3.00. The zero-order valence-corrected chi connectivity index (χ0v) is 12.8. The Morgan fingerprint density at radius 2 is 1.58 bits per heavy atom. The van der Waals surface area contributed by atoms with E-state index in [1.54, 1.807) is 12.1 Å². The van der Waals surface area contributed by atoms with Gasteiger partial charge in [0.15, 0.2) is 0 Å². The summed E-state index contributed by atoms with van der Waals surface area (Å²) in [4.78, 5) is 12.3. The fourth-order valence-electron chi connectivity index (χ4n) is 1.93. The standard InChI is InChI=1S/C16H14F3NO4/c1-22-12-7-8-14(23-2)13(9-12)15(21)20-10-3-5-11(6-4-10)24-16(17,18)19/h3-9H,1-2H3,(H,20,21). The summed E-state index contributed by atoms with van der Waals surface area (Å²) in [5.74, 6) is -0.0603. The molecule has 0 aromatic heterocycles. The highest BCUT2D eigenvalue weighted by Gasteiger charge is 2.31. The summed E-state index contributed by atoms with van der Waals surface area (Å²) in [7, 11) is 2.88. The number of methoxy groups -OCH3 is 2. The van der Waals surface area contributed by atoms with E-state index in [-0.39, 0.29) is 11.3 Å². The third kappa shape index (κ3) is 4.55. The van der Waals surface area contributed by atoms with Crippen molar-refractivity contribution in [3.63, 3.8) is 0 Å². The second kappa shape index (κ2) is 7.12. The van der Waals surface area contributed by atoms with Crippen molar-refractivity contribution in [1.82, 2.24) is 0 Å². The maximum Gasteiger partial charge on any atom is 0.573 e. The van der Waals surface area contributed by atoms with Crippen molar-refractivity contribution in [2.24, 2.45) is 0 Å². The average molecular weight is 341 g/mol. The van der Waals surface area contributed by atoms with E-state index in [0.29, 0.717) is 17.2 Å². The zero-order valence-electron chi connectivity index (χ0n) is 12.8. The highest BCUT2D eigenvalue weighted by Crippen LogP contribution is 2.26. The maximum absolute atomic E-state index is 12.3. The molecule has 24 heavy (non-hydrogen) atoms. The van der Waals surface area contributed by atoms with Crippen LogP contribution in [-0.4, -0.2) is 26.5 Å². The van der Waals surface area contributed by atoms with Crippen molar-refractivity contribution < 1.29 is 32.2 Å². The van der Waals surface area contributed by atoms with Crippen LogP contribution in [-0.2, 0) is 0 Å². The smallest absolute Gasteiger partial charge is 0.497 e. The lowest BCUT2D eigenvalue weighted by Crippen LogP contribution is -2.17. The summed E-state index contributed by atoms with van der Waals surface area (Å²) >= 11 is 0. The third-order valence-electron chi connectivity index (χ3n) is 3.00. The molecule has 0 atom stereocenters. The first-order valence-electron chi connectivity index (χ1n) is 6.71. The van der Waals surface area contributed by atoms with Gasteiger partial charge in [0.25, 0.3) is 5.91 Å². The van der Waals surface area contributed by atoms with Crippen molar-refractivity contribution in [1.29, 1.82) is 0 Å². The number of carbonyl (C=O) groups is 1. The normalized spacial score (nSPS) is 10.9. The molecule has 0 saturated heterocycles. The van der Waals surface area contributed by atoms with Gasteiger partial charge < -0.3 is 19.5 Å². The van der Waals surface area contributed by atoms with Gasteiger partial charge in [-0.25, -0.2) is 0 Å². The second-order valence-electron chi connectivity index (χ2n) is 4.59. The average Bonchev–Trinajstić information content (AvgIpc) is 2.54. The molecule has 0 unspecified atom stereocenters. The molecular weight excluding hydrogens is 327 g/mol. The molecule has 8 heteroatoms. The molecule has 0 aliphatic carbocycles. The van der Waals surface area contributed by atoms with Crippen LogP contribution in [0, 0.1) is 0 Å². The summed E-state index contributed by atoms with van der Waals surface area (Å²) in [6.07, 6.45) is -4.77. The molecule has 0 aliphatic heterocycles. The molecule has 0 bridgehead atoms. The fourth-order valence-corrected chi connectivity index (χ4v) is 1.93. The number of hydrogen-bond acceptors (Lipinski definition) is 4. The van der Waals surface area contributed by atoms with Gasteiger partial charge in [-0.3, -0.25) is 4.79 Å². The lowest BCUT2D eigenvalue weighted by molar-refractivity contribution is -0.274. The van der Waals surface area contributed by atoms with Gasteiger partial charge in [0.05, 0.1) is 19.8 Å². The van der Waals surface area contributed by atoms with E-state index in [0.717, 1.165) is 12.1 Å². The van der Waals surface area contributed by atoms with Gasteiger partial charge in [-0.15, -0.1) is 13.2 Å². The van der Waals surface area contributed by atoms with Crippen LogP contribution in [0.2, 0.25) is 0 Å². The minimum absolute atomic E-state index is 0.229. The van der Waals surface area contributed by atoms with Crippen molar-refractivity contribution in [2.75, 3.05) is 19.5 Å². The molecule has 2 aromatic carbocycles. The first-order chi connectivity index (χ1) is 11.3. The summed E-state index contributed by atoms with van der Waals surface area (Å²) in [6, 6.07) is 9.51. The van der Waals surface area contributed by atoms with Crippen molar-refractivity contribution in [3.05, 3.63) is 48.0 Å². The van der Waals surface area contributed by atoms with Crippen LogP contribution >= 0.6 is 0 Å². The van der Waals surface area contributed by atoms with Gasteiger partial charge >= 0.3 is 6.36 Å². The first kappa shape index (κ1) is 17.5. The summed E-state index contributed by atoms with van der Waals surface area (Å²) in [6.45, 7) is 0. The topological polar surface area (TPSA) is 56.8 Å². The fraction of sp³-hybridized carbons (Fsp3) is 0.188. The number of halogens is 3. The lowest BCUT2D eigenvalue weighted by atomic mass is 10.1. The molecule has 0 fully saturated rings. The SMILES string of the molecule is COc1ccc(OC)c(C(=O)Nc2ccc(OC(F)(F)F)cc2)c1. The Bertz CT molecular complexity index is 714. The molecule has 2 rings (SSSR count). The van der Waals surface area contributed by atoms with Gasteiger partial charge in [-0.05, 0) is 42.5 Å². The van der Waals surface area contributed by atoms with E-state index in [4.69, 9.17) is 9.47 Å². The minimum atomic E-state index is -4.77. The highest BCUT2D eigenvalue weighted by atomic mass is 19.4. The number of rotatable bonds is 5. The van der Waals surface area contributed by atoms with E-state index in [9.17, 15) is 18.0 Å². The van der Waals surface area contributed by atoms with Gasteiger partial charge in [0.1, 0.15) is 17.2 Å². The van der Waals surface area contributed by atoms with Gasteiger partial charge in [-0.1, -0.05) is 0 Å². The van der Waals surface area contributed by atoms with Crippen LogP contribution in [0.25, 0.3) is 0 Å². The molecule has 5 nitrogen and oxygen atoms in total. The maximum atomic E-state index is 12.3. The predicted octanol–water partition coefficient (Wildman–Crippen LogP) is 3.85. The Labute approximate surface area is 135 Å². The molecule has 0 saturated carbocycles. The van der Waals surface area contributed by atoms with Crippen molar-refractivity contribution in [3.8, 4) is 17.2 Å². The summed E-state index contributed by atoms with van der Waals surface area (Å²) < 4.78 is 50.3.